The van der Waals surface area contributed by atoms with E-state index in [1.54, 1.807) is 13.8 Å². The highest BCUT2D eigenvalue weighted by molar-refractivity contribution is 8.00. The first-order chi connectivity index (χ1) is 21.2. The van der Waals surface area contributed by atoms with E-state index in [2.05, 4.69) is 16.0 Å². The molecule has 4 N–H and O–H groups in total. The third-order valence-corrected chi connectivity index (χ3v) is 9.25. The standard InChI is InChI=1S/C33H46N4O7S/c1-20(2)26(36-32(42)44-22(4)43-7)29(39)35-25(17-23-14-9-8-10-15-23)27(38)31(41)37-19-45-33(5,6)28(37)30(40)34-18-24-16-12-11-13-21(24)3/h8-16,20,22,25-28,38H,17-19H2,1-7H3,(H,34,40)(H,35,39)(H,36,42)/t22?,25-,26-,27-,28+/m0/s1. The Morgan fingerprint density at radius 2 is 1.67 bits per heavy atom. The third kappa shape index (κ3) is 9.69. The van der Waals surface area contributed by atoms with Crippen LogP contribution in [-0.4, -0.2) is 82.1 Å². The summed E-state index contributed by atoms with van der Waals surface area (Å²) in [6.07, 6.45) is -3.21. The zero-order chi connectivity index (χ0) is 33.3. The number of benzene rings is 2. The first-order valence-electron chi connectivity index (χ1n) is 15.0. The first kappa shape index (κ1) is 35.9. The van der Waals surface area contributed by atoms with Crippen molar-refractivity contribution < 1.29 is 33.8 Å². The zero-order valence-electron chi connectivity index (χ0n) is 27.0. The van der Waals surface area contributed by atoms with Gasteiger partial charge in [-0.2, -0.15) is 0 Å². The van der Waals surface area contributed by atoms with Gasteiger partial charge in [-0.25, -0.2) is 4.79 Å². The number of amides is 4. The van der Waals surface area contributed by atoms with E-state index in [1.165, 1.54) is 30.7 Å². The highest BCUT2D eigenvalue weighted by Crippen LogP contribution is 2.40. The fourth-order valence-corrected chi connectivity index (χ4v) is 6.26. The minimum absolute atomic E-state index is 0.129. The third-order valence-electron chi connectivity index (χ3n) is 7.88. The molecule has 1 heterocycles. The van der Waals surface area contributed by atoms with Crippen LogP contribution in [0.4, 0.5) is 4.79 Å². The van der Waals surface area contributed by atoms with E-state index in [0.29, 0.717) is 6.54 Å². The van der Waals surface area contributed by atoms with Crippen LogP contribution in [-0.2, 0) is 36.8 Å². The zero-order valence-corrected chi connectivity index (χ0v) is 27.9. The summed E-state index contributed by atoms with van der Waals surface area (Å²) in [6, 6.07) is 13.9. The molecule has 0 radical (unpaired) electrons. The smallest absolute Gasteiger partial charge is 0.410 e. The minimum atomic E-state index is -1.68. The molecule has 0 spiro atoms. The Morgan fingerprint density at radius 1 is 1.02 bits per heavy atom. The van der Waals surface area contributed by atoms with Crippen LogP contribution in [0.15, 0.2) is 54.6 Å². The second-order valence-corrected chi connectivity index (χ2v) is 13.7. The van der Waals surface area contributed by atoms with Gasteiger partial charge in [0, 0.05) is 18.4 Å². The van der Waals surface area contributed by atoms with Crippen molar-refractivity contribution in [2.45, 2.75) is 89.8 Å². The van der Waals surface area contributed by atoms with Gasteiger partial charge in [0.15, 0.2) is 6.10 Å². The second kappa shape index (κ2) is 16.1. The number of aliphatic hydroxyl groups excluding tert-OH is 1. The van der Waals surface area contributed by atoms with Gasteiger partial charge in [0.2, 0.25) is 18.1 Å². The molecule has 0 aliphatic carbocycles. The number of methoxy groups -OCH3 is 1. The van der Waals surface area contributed by atoms with Crippen LogP contribution in [0.25, 0.3) is 0 Å². The highest BCUT2D eigenvalue weighted by atomic mass is 32.2. The number of carbonyl (C=O) groups excluding carboxylic acids is 4. The van der Waals surface area contributed by atoms with Gasteiger partial charge >= 0.3 is 6.09 Å². The molecule has 1 aliphatic rings. The number of hydrogen-bond acceptors (Lipinski definition) is 8. The molecular weight excluding hydrogens is 596 g/mol. The predicted molar refractivity (Wildman–Crippen MR) is 173 cm³/mol. The topological polar surface area (TPSA) is 146 Å². The summed E-state index contributed by atoms with van der Waals surface area (Å²) in [7, 11) is 1.38. The van der Waals surface area contributed by atoms with Gasteiger partial charge in [-0.05, 0) is 56.7 Å². The molecule has 5 atom stereocenters. The second-order valence-electron chi connectivity index (χ2n) is 12.1. The molecular formula is C33H46N4O7S. The van der Waals surface area contributed by atoms with Gasteiger partial charge in [-0.15, -0.1) is 11.8 Å². The molecule has 4 amide bonds. The molecule has 0 saturated carbocycles. The Labute approximate surface area is 269 Å². The average Bonchev–Trinajstić information content (AvgIpc) is 3.33. The monoisotopic (exact) mass is 642 g/mol. The number of hydrogen-bond donors (Lipinski definition) is 4. The van der Waals surface area contributed by atoms with Gasteiger partial charge < -0.3 is 35.4 Å². The summed E-state index contributed by atoms with van der Waals surface area (Å²) >= 11 is 1.44. The molecule has 0 aromatic heterocycles. The van der Waals surface area contributed by atoms with Crippen molar-refractivity contribution in [3.63, 3.8) is 0 Å². The van der Waals surface area contributed by atoms with Crippen LogP contribution in [0.2, 0.25) is 0 Å². The lowest BCUT2D eigenvalue weighted by Gasteiger charge is -2.34. The van der Waals surface area contributed by atoms with Crippen LogP contribution in [0.5, 0.6) is 0 Å². The van der Waals surface area contributed by atoms with Gasteiger partial charge in [0.05, 0.1) is 11.9 Å². The summed E-state index contributed by atoms with van der Waals surface area (Å²) in [5.41, 5.74) is 2.78. The van der Waals surface area contributed by atoms with Crippen molar-refractivity contribution >= 4 is 35.6 Å². The van der Waals surface area contributed by atoms with Crippen molar-refractivity contribution in [1.29, 1.82) is 0 Å². The number of nitrogens with one attached hydrogen (secondary N) is 3. The van der Waals surface area contributed by atoms with Crippen LogP contribution in [0.1, 0.15) is 51.3 Å². The van der Waals surface area contributed by atoms with E-state index >= 15 is 0 Å². The van der Waals surface area contributed by atoms with Crippen molar-refractivity contribution in [3.8, 4) is 0 Å². The summed E-state index contributed by atoms with van der Waals surface area (Å²) in [4.78, 5) is 54.8. The summed E-state index contributed by atoms with van der Waals surface area (Å²) in [5.74, 6) is -1.75. The Bertz CT molecular complexity index is 1320. The summed E-state index contributed by atoms with van der Waals surface area (Å²) in [6.45, 7) is 11.1. The SMILES string of the molecule is COC(C)OC(=O)N[C@H](C(=O)N[C@@H](Cc1ccccc1)[C@H](O)C(=O)N1CSC(C)(C)[C@H]1C(=O)NCc1ccccc1C)C(C)C. The molecule has 1 fully saturated rings. The summed E-state index contributed by atoms with van der Waals surface area (Å²) in [5, 5.41) is 19.9. The molecule has 1 aliphatic heterocycles. The molecule has 1 unspecified atom stereocenters. The van der Waals surface area contributed by atoms with Crippen molar-refractivity contribution in [2.75, 3.05) is 13.0 Å². The molecule has 246 valence electrons. The first-order valence-corrected chi connectivity index (χ1v) is 16.0. The number of carbonyl (C=O) groups is 4. The van der Waals surface area contributed by atoms with Crippen molar-refractivity contribution in [2.24, 2.45) is 5.92 Å². The molecule has 45 heavy (non-hydrogen) atoms. The number of rotatable bonds is 13. The fraction of sp³-hybridized carbons (Fsp3) is 0.515. The normalized spacial score (nSPS) is 18.4. The lowest BCUT2D eigenvalue weighted by Crippen LogP contribution is -2.60. The van der Waals surface area contributed by atoms with E-state index in [0.717, 1.165) is 16.7 Å². The fourth-order valence-electron chi connectivity index (χ4n) is 5.12. The van der Waals surface area contributed by atoms with Crippen LogP contribution in [0, 0.1) is 12.8 Å². The Hall–Kier alpha value is -3.61. The Balaban J connectivity index is 1.82. The van der Waals surface area contributed by atoms with Gasteiger partial charge in [0.25, 0.3) is 5.91 Å². The number of thioether (sulfide) groups is 1. The Morgan fingerprint density at radius 3 is 2.29 bits per heavy atom. The molecule has 2 aromatic carbocycles. The number of alkyl carbamates (subject to hydrolysis) is 1. The van der Waals surface area contributed by atoms with Crippen molar-refractivity contribution in [3.05, 3.63) is 71.3 Å². The van der Waals surface area contributed by atoms with Crippen LogP contribution in [0.3, 0.4) is 0 Å². The maximum Gasteiger partial charge on any atom is 0.410 e. The lowest BCUT2D eigenvalue weighted by atomic mass is 9.96. The lowest BCUT2D eigenvalue weighted by molar-refractivity contribution is -0.148. The number of ether oxygens (including phenoxy) is 2. The van der Waals surface area contributed by atoms with E-state index in [-0.39, 0.29) is 24.1 Å². The Kier molecular flexibility index (Phi) is 12.8. The van der Waals surface area contributed by atoms with Gasteiger partial charge in [-0.1, -0.05) is 68.4 Å². The van der Waals surface area contributed by atoms with Gasteiger partial charge in [0.1, 0.15) is 12.1 Å². The van der Waals surface area contributed by atoms with E-state index < -0.39 is 53.2 Å². The number of nitrogens with zero attached hydrogens (tertiary/aromatic N) is 1. The van der Waals surface area contributed by atoms with E-state index in [4.69, 9.17) is 9.47 Å². The largest absolute Gasteiger partial charge is 0.420 e. The maximum atomic E-state index is 14.0. The molecule has 1 saturated heterocycles. The molecule has 0 bridgehead atoms. The van der Waals surface area contributed by atoms with Crippen LogP contribution >= 0.6 is 11.8 Å². The van der Waals surface area contributed by atoms with E-state index in [9.17, 15) is 24.3 Å². The van der Waals surface area contributed by atoms with Crippen molar-refractivity contribution in [1.82, 2.24) is 20.9 Å². The molecule has 11 nitrogen and oxygen atoms in total. The maximum absolute atomic E-state index is 14.0. The number of aryl methyl sites for hydroxylation is 1. The molecule has 3 rings (SSSR count). The number of aliphatic hydroxyl groups is 1. The van der Waals surface area contributed by atoms with E-state index in [1.807, 2.05) is 75.4 Å². The van der Waals surface area contributed by atoms with Crippen LogP contribution < -0.4 is 16.0 Å². The minimum Gasteiger partial charge on any atom is -0.420 e. The highest BCUT2D eigenvalue weighted by Gasteiger charge is 2.50. The predicted octanol–water partition coefficient (Wildman–Crippen LogP) is 3.12. The molecule has 12 heteroatoms. The average molecular weight is 643 g/mol. The quantitative estimate of drug-likeness (QED) is 0.244. The van der Waals surface area contributed by atoms with Gasteiger partial charge in [-0.3, -0.25) is 14.4 Å². The molecule has 2 aromatic rings. The summed E-state index contributed by atoms with van der Waals surface area (Å²) < 4.78 is 9.42.